The highest BCUT2D eigenvalue weighted by Crippen LogP contribution is 2.52. The van der Waals surface area contributed by atoms with Crippen molar-refractivity contribution in [2.45, 2.75) is 102 Å². The summed E-state index contributed by atoms with van der Waals surface area (Å²) in [6.45, 7) is 10.7. The first kappa shape index (κ1) is 22.5. The first-order valence-electron chi connectivity index (χ1n) is 11.2. The van der Waals surface area contributed by atoms with Crippen LogP contribution in [0.1, 0.15) is 72.1 Å². The van der Waals surface area contributed by atoms with Gasteiger partial charge >= 0.3 is 5.97 Å². The molecule has 0 aromatic heterocycles. The predicted molar refractivity (Wildman–Crippen MR) is 114 cm³/mol. The van der Waals surface area contributed by atoms with Crippen LogP contribution in [-0.2, 0) is 19.0 Å². The molecular weight excluding hydrogens is 366 g/mol. The second-order valence-electron chi connectivity index (χ2n) is 9.70. The maximum atomic E-state index is 12.6. The van der Waals surface area contributed by atoms with Crippen LogP contribution in [0.15, 0.2) is 23.8 Å². The normalized spacial score (nSPS) is 39.7. The Balaban J connectivity index is 1.61. The zero-order valence-electron chi connectivity index (χ0n) is 18.6. The van der Waals surface area contributed by atoms with Gasteiger partial charge in [0.25, 0.3) is 0 Å². The van der Waals surface area contributed by atoms with E-state index in [0.29, 0.717) is 18.4 Å². The Morgan fingerprint density at radius 2 is 1.97 bits per heavy atom. The van der Waals surface area contributed by atoms with Crippen molar-refractivity contribution in [1.29, 1.82) is 0 Å². The van der Waals surface area contributed by atoms with Crippen molar-refractivity contribution >= 4 is 5.97 Å². The predicted octanol–water partition coefficient (Wildman–Crippen LogP) is 4.30. The van der Waals surface area contributed by atoms with Crippen molar-refractivity contribution in [3.63, 3.8) is 0 Å². The van der Waals surface area contributed by atoms with Crippen LogP contribution >= 0.6 is 0 Å². The van der Waals surface area contributed by atoms with Crippen LogP contribution in [0.25, 0.3) is 0 Å². The highest BCUT2D eigenvalue weighted by Gasteiger charge is 2.61. The average molecular weight is 406 g/mol. The molecule has 2 N–H and O–H groups in total. The van der Waals surface area contributed by atoms with Gasteiger partial charge in [-0.15, -0.1) is 0 Å². The summed E-state index contributed by atoms with van der Waals surface area (Å²) in [6.07, 6.45) is 8.99. The molecule has 1 heterocycles. The van der Waals surface area contributed by atoms with E-state index >= 15 is 0 Å². The molecule has 0 bridgehead atoms. The van der Waals surface area contributed by atoms with E-state index in [0.717, 1.165) is 50.5 Å². The summed E-state index contributed by atoms with van der Waals surface area (Å²) in [5, 5.41) is 0. The molecule has 0 radical (unpaired) electrons. The largest absolute Gasteiger partial charge is 0.460 e. The van der Waals surface area contributed by atoms with Gasteiger partial charge in [-0.3, -0.25) is 4.79 Å². The van der Waals surface area contributed by atoms with Gasteiger partial charge in [0.2, 0.25) is 0 Å². The van der Waals surface area contributed by atoms with E-state index in [1.165, 1.54) is 5.57 Å². The standard InChI is InChI=1S/C24H39NO4/c1-15(2)6-13-20-24(4,29-20)22-16(3)7-12-19(23(22)27-5)28-21(26)14-17-8-10-18(25)11-9-17/h6,17-20,22-23H,3,7-14,25H2,1-2,4-5H3/t17?,18?,19?,20-,22?,23?,24+/m1/s1. The number of rotatable bonds is 7. The molecule has 0 aromatic carbocycles. The molecule has 164 valence electrons. The van der Waals surface area contributed by atoms with Crippen LogP contribution in [0.2, 0.25) is 0 Å². The minimum atomic E-state index is -0.297. The third-order valence-electron chi connectivity index (χ3n) is 7.12. The van der Waals surface area contributed by atoms with E-state index < -0.39 is 0 Å². The molecule has 1 saturated heterocycles. The van der Waals surface area contributed by atoms with Gasteiger partial charge in [-0.25, -0.2) is 0 Å². The highest BCUT2D eigenvalue weighted by atomic mass is 16.6. The number of ether oxygens (including phenoxy) is 3. The zero-order valence-corrected chi connectivity index (χ0v) is 18.6. The van der Waals surface area contributed by atoms with Crippen molar-refractivity contribution in [2.75, 3.05) is 7.11 Å². The van der Waals surface area contributed by atoms with Crippen molar-refractivity contribution in [2.24, 2.45) is 17.6 Å². The number of methoxy groups -OCH3 is 1. The van der Waals surface area contributed by atoms with E-state index in [-0.39, 0.29) is 35.8 Å². The summed E-state index contributed by atoms with van der Waals surface area (Å²) in [7, 11) is 1.70. The van der Waals surface area contributed by atoms with Crippen LogP contribution in [0.5, 0.6) is 0 Å². The Kier molecular flexibility index (Phi) is 7.23. The summed E-state index contributed by atoms with van der Waals surface area (Å²) in [6, 6.07) is 0.295. The van der Waals surface area contributed by atoms with Gasteiger partial charge < -0.3 is 19.9 Å². The van der Waals surface area contributed by atoms with E-state index in [9.17, 15) is 4.79 Å². The molecule has 29 heavy (non-hydrogen) atoms. The summed E-state index contributed by atoms with van der Waals surface area (Å²) >= 11 is 0. The molecule has 5 heteroatoms. The number of carbonyl (C=O) groups is 1. The SMILES string of the molecule is C=C1CCC(OC(=O)CC2CCC(N)CC2)C(OC)C1[C@@]1(C)O[C@@H]1CC=C(C)C. The minimum absolute atomic E-state index is 0.0438. The number of allylic oxidation sites excluding steroid dienone is 1. The van der Waals surface area contributed by atoms with Gasteiger partial charge in [-0.2, -0.15) is 0 Å². The van der Waals surface area contributed by atoms with Crippen LogP contribution in [0.3, 0.4) is 0 Å². The van der Waals surface area contributed by atoms with E-state index in [1.54, 1.807) is 7.11 Å². The Bertz CT molecular complexity index is 633. The molecule has 3 unspecified atom stereocenters. The van der Waals surface area contributed by atoms with Crippen molar-refractivity contribution in [3.05, 3.63) is 23.8 Å². The fourth-order valence-corrected chi connectivity index (χ4v) is 5.26. The number of esters is 1. The van der Waals surface area contributed by atoms with Gasteiger partial charge in [0.05, 0.1) is 6.10 Å². The van der Waals surface area contributed by atoms with Crippen LogP contribution in [-0.4, -0.2) is 43.0 Å². The highest BCUT2D eigenvalue weighted by molar-refractivity contribution is 5.70. The van der Waals surface area contributed by atoms with Gasteiger partial charge in [-0.1, -0.05) is 23.8 Å². The fraction of sp³-hybridized carbons (Fsp3) is 0.792. The molecule has 2 aliphatic carbocycles. The zero-order chi connectivity index (χ0) is 21.2. The molecule has 5 nitrogen and oxygen atoms in total. The number of carbonyl (C=O) groups excluding carboxylic acids is 1. The second-order valence-corrected chi connectivity index (χ2v) is 9.70. The molecule has 3 rings (SSSR count). The quantitative estimate of drug-likeness (QED) is 0.388. The molecule has 5 atom stereocenters. The monoisotopic (exact) mass is 405 g/mol. The molecule has 2 saturated carbocycles. The van der Waals surface area contributed by atoms with Crippen LogP contribution < -0.4 is 5.73 Å². The van der Waals surface area contributed by atoms with Crippen molar-refractivity contribution < 1.29 is 19.0 Å². The Labute approximate surface area is 176 Å². The van der Waals surface area contributed by atoms with Crippen molar-refractivity contribution in [1.82, 2.24) is 0 Å². The minimum Gasteiger partial charge on any atom is -0.460 e. The average Bonchev–Trinajstić information content (AvgIpc) is 3.33. The van der Waals surface area contributed by atoms with E-state index in [2.05, 4.69) is 33.4 Å². The van der Waals surface area contributed by atoms with Gasteiger partial charge in [0, 0.05) is 25.5 Å². The number of nitrogens with two attached hydrogens (primary N) is 1. The third kappa shape index (κ3) is 5.31. The molecule has 3 fully saturated rings. The lowest BCUT2D eigenvalue weighted by atomic mass is 9.72. The molecular formula is C24H39NO4. The first-order chi connectivity index (χ1) is 13.7. The van der Waals surface area contributed by atoms with Gasteiger partial charge in [0.1, 0.15) is 17.8 Å². The number of hydrogen-bond acceptors (Lipinski definition) is 5. The molecule has 3 aliphatic rings. The topological polar surface area (TPSA) is 74.1 Å². The van der Waals surface area contributed by atoms with Gasteiger partial charge in [-0.05, 0) is 71.6 Å². The smallest absolute Gasteiger partial charge is 0.306 e. The Hall–Kier alpha value is -1.17. The van der Waals surface area contributed by atoms with Crippen LogP contribution in [0.4, 0.5) is 0 Å². The maximum absolute atomic E-state index is 12.6. The molecule has 0 amide bonds. The lowest BCUT2D eigenvalue weighted by molar-refractivity contribution is -0.164. The van der Waals surface area contributed by atoms with E-state index in [4.69, 9.17) is 19.9 Å². The molecule has 0 spiro atoms. The lowest BCUT2D eigenvalue weighted by Crippen LogP contribution is -2.48. The summed E-state index contributed by atoms with van der Waals surface area (Å²) in [5.41, 5.74) is 8.13. The maximum Gasteiger partial charge on any atom is 0.306 e. The summed E-state index contributed by atoms with van der Waals surface area (Å²) in [4.78, 5) is 12.6. The first-order valence-corrected chi connectivity index (χ1v) is 11.2. The lowest BCUT2D eigenvalue weighted by Gasteiger charge is -2.40. The summed E-state index contributed by atoms with van der Waals surface area (Å²) in [5.74, 6) is 0.337. The van der Waals surface area contributed by atoms with Crippen molar-refractivity contribution in [3.8, 4) is 0 Å². The Morgan fingerprint density at radius 1 is 1.28 bits per heavy atom. The van der Waals surface area contributed by atoms with E-state index in [1.807, 2.05) is 0 Å². The molecule has 0 aromatic rings. The third-order valence-corrected chi connectivity index (χ3v) is 7.12. The second kappa shape index (κ2) is 9.32. The Morgan fingerprint density at radius 3 is 2.59 bits per heavy atom. The summed E-state index contributed by atoms with van der Waals surface area (Å²) < 4.78 is 18.0. The number of hydrogen-bond donors (Lipinski definition) is 1. The number of epoxide rings is 1. The molecule has 1 aliphatic heterocycles. The van der Waals surface area contributed by atoms with Gasteiger partial charge in [0.15, 0.2) is 0 Å². The fourth-order valence-electron chi connectivity index (χ4n) is 5.26. The van der Waals surface area contributed by atoms with Crippen LogP contribution in [0, 0.1) is 11.8 Å².